The topological polar surface area (TPSA) is 51.0 Å². The van der Waals surface area contributed by atoms with Crippen LogP contribution in [0.1, 0.15) is 32.1 Å². The zero-order valence-electron chi connectivity index (χ0n) is 11.2. The van der Waals surface area contributed by atoms with E-state index in [1.807, 2.05) is 30.3 Å². The van der Waals surface area contributed by atoms with Gasteiger partial charge in [0.1, 0.15) is 0 Å². The van der Waals surface area contributed by atoms with Crippen molar-refractivity contribution in [2.75, 3.05) is 13.1 Å². The molecule has 2 aromatic rings. The number of nitrogens with zero attached hydrogens (tertiary/aromatic N) is 2. The Morgan fingerprint density at radius 2 is 2.16 bits per heavy atom. The lowest BCUT2D eigenvalue weighted by Crippen LogP contribution is -2.29. The molecule has 1 atom stereocenters. The van der Waals surface area contributed by atoms with E-state index in [1.165, 1.54) is 0 Å². The third-order valence-corrected chi connectivity index (χ3v) is 3.88. The van der Waals surface area contributed by atoms with Crippen LogP contribution in [0, 0.1) is 0 Å². The van der Waals surface area contributed by atoms with Crippen LogP contribution in [0.2, 0.25) is 0 Å². The highest BCUT2D eigenvalue weighted by Crippen LogP contribution is 2.35. The van der Waals surface area contributed by atoms with Crippen LogP contribution in [-0.4, -0.2) is 23.2 Å². The van der Waals surface area contributed by atoms with E-state index < -0.39 is 0 Å². The molecule has 0 amide bonds. The van der Waals surface area contributed by atoms with Crippen molar-refractivity contribution >= 4 is 0 Å². The van der Waals surface area contributed by atoms with Crippen LogP contribution in [0.25, 0.3) is 11.4 Å². The van der Waals surface area contributed by atoms with Gasteiger partial charge in [-0.1, -0.05) is 48.8 Å². The Morgan fingerprint density at radius 3 is 2.84 bits per heavy atom. The second kappa shape index (κ2) is 5.13. The second-order valence-corrected chi connectivity index (χ2v) is 5.25. The summed E-state index contributed by atoms with van der Waals surface area (Å²) in [5, 5.41) is 7.56. The van der Waals surface area contributed by atoms with Gasteiger partial charge in [-0.2, -0.15) is 4.98 Å². The Balaban J connectivity index is 1.92. The molecule has 1 aliphatic heterocycles. The normalized spacial score (nSPS) is 22.8. The molecule has 0 radical (unpaired) electrons. The second-order valence-electron chi connectivity index (χ2n) is 5.25. The molecule has 1 aromatic heterocycles. The lowest BCUT2D eigenvalue weighted by atomic mass is 9.82. The van der Waals surface area contributed by atoms with Crippen LogP contribution in [-0.2, 0) is 5.41 Å². The van der Waals surface area contributed by atoms with E-state index in [1.54, 1.807) is 0 Å². The quantitative estimate of drug-likeness (QED) is 0.915. The highest BCUT2D eigenvalue weighted by Gasteiger charge is 2.40. The standard InChI is InChI=1S/C15H19N3O/c1-2-8-15(9-10-16-11-15)14-17-13(18-19-14)12-6-4-3-5-7-12/h3-7,16H,2,8-11H2,1H3. The van der Waals surface area contributed by atoms with E-state index in [4.69, 9.17) is 4.52 Å². The minimum Gasteiger partial charge on any atom is -0.338 e. The van der Waals surface area contributed by atoms with Crippen molar-refractivity contribution in [2.24, 2.45) is 0 Å². The van der Waals surface area contributed by atoms with Crippen LogP contribution >= 0.6 is 0 Å². The van der Waals surface area contributed by atoms with Gasteiger partial charge < -0.3 is 9.84 Å². The summed E-state index contributed by atoms with van der Waals surface area (Å²) >= 11 is 0. The van der Waals surface area contributed by atoms with Gasteiger partial charge in [-0.25, -0.2) is 0 Å². The molecular formula is C15H19N3O. The fourth-order valence-electron chi connectivity index (χ4n) is 2.87. The van der Waals surface area contributed by atoms with Gasteiger partial charge in [-0.3, -0.25) is 0 Å². The first-order chi connectivity index (χ1) is 9.34. The summed E-state index contributed by atoms with van der Waals surface area (Å²) < 4.78 is 5.56. The van der Waals surface area contributed by atoms with Crippen molar-refractivity contribution in [1.29, 1.82) is 0 Å². The zero-order valence-corrected chi connectivity index (χ0v) is 11.2. The molecular weight excluding hydrogens is 238 g/mol. The highest BCUT2D eigenvalue weighted by atomic mass is 16.5. The maximum atomic E-state index is 5.56. The van der Waals surface area contributed by atoms with E-state index in [0.29, 0.717) is 5.82 Å². The van der Waals surface area contributed by atoms with E-state index in [0.717, 1.165) is 43.8 Å². The smallest absolute Gasteiger partial charge is 0.234 e. The van der Waals surface area contributed by atoms with Crippen LogP contribution in [0.3, 0.4) is 0 Å². The Kier molecular flexibility index (Phi) is 3.34. The average molecular weight is 257 g/mol. The number of nitrogens with one attached hydrogen (secondary N) is 1. The molecule has 1 aliphatic rings. The maximum absolute atomic E-state index is 5.56. The SMILES string of the molecule is CCCC1(c2nc(-c3ccccc3)no2)CCNC1. The molecule has 1 aromatic carbocycles. The van der Waals surface area contributed by atoms with Gasteiger partial charge in [0.25, 0.3) is 0 Å². The molecule has 100 valence electrons. The van der Waals surface area contributed by atoms with Crippen molar-refractivity contribution < 1.29 is 4.52 Å². The summed E-state index contributed by atoms with van der Waals surface area (Å²) in [5.41, 5.74) is 1.05. The predicted molar refractivity (Wildman–Crippen MR) is 73.8 cm³/mol. The minimum atomic E-state index is 0.0365. The molecule has 1 fully saturated rings. The molecule has 0 spiro atoms. The van der Waals surface area contributed by atoms with Gasteiger partial charge in [0, 0.05) is 12.1 Å². The molecule has 1 N–H and O–H groups in total. The van der Waals surface area contributed by atoms with Gasteiger partial charge in [-0.15, -0.1) is 0 Å². The van der Waals surface area contributed by atoms with Crippen LogP contribution in [0.4, 0.5) is 0 Å². The largest absolute Gasteiger partial charge is 0.338 e. The van der Waals surface area contributed by atoms with Gasteiger partial charge >= 0.3 is 0 Å². The summed E-state index contributed by atoms with van der Waals surface area (Å²) in [6, 6.07) is 9.99. The van der Waals surface area contributed by atoms with E-state index in [-0.39, 0.29) is 5.41 Å². The summed E-state index contributed by atoms with van der Waals surface area (Å²) in [7, 11) is 0. The third kappa shape index (κ3) is 2.28. The first kappa shape index (κ1) is 12.4. The minimum absolute atomic E-state index is 0.0365. The lowest BCUT2D eigenvalue weighted by Gasteiger charge is -2.22. The molecule has 4 nitrogen and oxygen atoms in total. The number of aromatic nitrogens is 2. The van der Waals surface area contributed by atoms with E-state index in [2.05, 4.69) is 22.4 Å². The summed E-state index contributed by atoms with van der Waals surface area (Å²) in [6.07, 6.45) is 3.30. The van der Waals surface area contributed by atoms with Gasteiger partial charge in [-0.05, 0) is 19.4 Å². The predicted octanol–water partition coefficient (Wildman–Crippen LogP) is 2.77. The summed E-state index contributed by atoms with van der Waals surface area (Å²) in [4.78, 5) is 4.64. The molecule has 1 unspecified atom stereocenters. The van der Waals surface area contributed by atoms with Gasteiger partial charge in [0.2, 0.25) is 11.7 Å². The average Bonchev–Trinajstić information content (AvgIpc) is 3.09. The Hall–Kier alpha value is -1.68. The first-order valence-corrected chi connectivity index (χ1v) is 6.94. The molecule has 0 bridgehead atoms. The number of benzene rings is 1. The number of hydrogen-bond acceptors (Lipinski definition) is 4. The molecule has 1 saturated heterocycles. The van der Waals surface area contributed by atoms with Crippen molar-refractivity contribution in [2.45, 2.75) is 31.6 Å². The Morgan fingerprint density at radius 1 is 1.32 bits per heavy atom. The molecule has 3 rings (SSSR count). The monoisotopic (exact) mass is 257 g/mol. The Bertz CT molecular complexity index is 529. The van der Waals surface area contributed by atoms with E-state index in [9.17, 15) is 0 Å². The molecule has 2 heterocycles. The van der Waals surface area contributed by atoms with Crippen molar-refractivity contribution in [3.8, 4) is 11.4 Å². The molecule has 19 heavy (non-hydrogen) atoms. The van der Waals surface area contributed by atoms with Crippen molar-refractivity contribution in [3.05, 3.63) is 36.2 Å². The number of rotatable bonds is 4. The summed E-state index contributed by atoms with van der Waals surface area (Å²) in [5.74, 6) is 1.48. The summed E-state index contributed by atoms with van der Waals surface area (Å²) in [6.45, 7) is 4.18. The Labute approximate surface area is 113 Å². The third-order valence-electron chi connectivity index (χ3n) is 3.88. The van der Waals surface area contributed by atoms with Crippen LogP contribution < -0.4 is 5.32 Å². The molecule has 4 heteroatoms. The maximum Gasteiger partial charge on any atom is 0.234 e. The fourth-order valence-corrected chi connectivity index (χ4v) is 2.87. The van der Waals surface area contributed by atoms with Crippen molar-refractivity contribution in [1.82, 2.24) is 15.5 Å². The molecule has 0 aliphatic carbocycles. The van der Waals surface area contributed by atoms with Gasteiger partial charge in [0.15, 0.2) is 0 Å². The van der Waals surface area contributed by atoms with Crippen LogP contribution in [0.15, 0.2) is 34.9 Å². The lowest BCUT2D eigenvalue weighted by molar-refractivity contribution is 0.277. The van der Waals surface area contributed by atoms with Gasteiger partial charge in [0.05, 0.1) is 5.41 Å². The first-order valence-electron chi connectivity index (χ1n) is 6.94. The van der Waals surface area contributed by atoms with Crippen LogP contribution in [0.5, 0.6) is 0 Å². The highest BCUT2D eigenvalue weighted by molar-refractivity contribution is 5.53. The molecule has 0 saturated carbocycles. The van der Waals surface area contributed by atoms with E-state index >= 15 is 0 Å². The fraction of sp³-hybridized carbons (Fsp3) is 0.467. The number of hydrogen-bond donors (Lipinski definition) is 1. The van der Waals surface area contributed by atoms with Crippen molar-refractivity contribution in [3.63, 3.8) is 0 Å². The zero-order chi connectivity index (χ0) is 13.1.